The summed E-state index contributed by atoms with van der Waals surface area (Å²) in [5.41, 5.74) is 2.92. The molecule has 3 rings (SSSR count). The molecule has 1 aliphatic heterocycles. The van der Waals surface area contributed by atoms with Gasteiger partial charge in [-0.25, -0.2) is 0 Å². The average molecular weight is 231 g/mol. The van der Waals surface area contributed by atoms with Crippen LogP contribution in [0.3, 0.4) is 0 Å². The van der Waals surface area contributed by atoms with Gasteiger partial charge >= 0.3 is 0 Å². The smallest absolute Gasteiger partial charge is 0.107 e. The minimum absolute atomic E-state index is 0.198. The molecule has 84 valence electrons. The topological polar surface area (TPSA) is 12.0 Å². The summed E-state index contributed by atoms with van der Waals surface area (Å²) in [5, 5.41) is 3.58. The Labute approximate surface area is 102 Å². The van der Waals surface area contributed by atoms with Gasteiger partial charge in [-0.15, -0.1) is 0 Å². The Balaban J connectivity index is 2.13. The summed E-state index contributed by atoms with van der Waals surface area (Å²) in [5.74, 6) is 0.643. The van der Waals surface area contributed by atoms with Crippen LogP contribution in [-0.2, 0) is 0 Å². The van der Waals surface area contributed by atoms with Crippen molar-refractivity contribution in [1.82, 2.24) is 5.32 Å². The molecule has 0 amide bonds. The molecule has 2 atom stereocenters. The minimum Gasteiger partial charge on any atom is -0.370 e. The van der Waals surface area contributed by atoms with Gasteiger partial charge in [0.15, 0.2) is 0 Å². The van der Waals surface area contributed by atoms with Crippen LogP contribution in [-0.4, -0.2) is 10.5 Å². The molecule has 16 heavy (non-hydrogen) atoms. The number of hydrogen-bond acceptors (Lipinski definition) is 1. The second kappa shape index (κ2) is 3.56. The largest absolute Gasteiger partial charge is 0.370 e. The second-order valence-corrected chi connectivity index (χ2v) is 5.67. The van der Waals surface area contributed by atoms with Crippen molar-refractivity contribution in [1.29, 1.82) is 0 Å². The van der Waals surface area contributed by atoms with Crippen molar-refractivity contribution in [2.24, 2.45) is 0 Å². The van der Waals surface area contributed by atoms with Gasteiger partial charge in [0.2, 0.25) is 0 Å². The van der Waals surface area contributed by atoms with Gasteiger partial charge in [0.1, 0.15) is 4.99 Å². The molecule has 1 aromatic rings. The summed E-state index contributed by atoms with van der Waals surface area (Å²) in [6.07, 6.45) is 5.21. The van der Waals surface area contributed by atoms with Gasteiger partial charge in [0.25, 0.3) is 0 Å². The number of benzene rings is 1. The number of thiocarbonyl (C=S) groups is 1. The highest BCUT2D eigenvalue weighted by atomic mass is 32.1. The van der Waals surface area contributed by atoms with Crippen molar-refractivity contribution in [3.63, 3.8) is 0 Å². The van der Waals surface area contributed by atoms with E-state index in [-0.39, 0.29) is 5.54 Å². The predicted molar refractivity (Wildman–Crippen MR) is 70.9 cm³/mol. The first-order valence-corrected chi connectivity index (χ1v) is 6.53. The molecular formula is C14H17NS. The zero-order chi connectivity index (χ0) is 11.2. The Bertz CT molecular complexity index is 440. The highest BCUT2D eigenvalue weighted by Gasteiger charge is 2.42. The fourth-order valence-corrected chi connectivity index (χ4v) is 3.74. The maximum Gasteiger partial charge on any atom is 0.107 e. The van der Waals surface area contributed by atoms with Crippen LogP contribution >= 0.6 is 12.2 Å². The Morgan fingerprint density at radius 1 is 1.31 bits per heavy atom. The van der Waals surface area contributed by atoms with E-state index in [2.05, 4.69) is 36.5 Å². The summed E-state index contributed by atoms with van der Waals surface area (Å²) in [7, 11) is 0. The lowest BCUT2D eigenvalue weighted by atomic mass is 9.67. The third-order valence-corrected chi connectivity index (χ3v) is 4.51. The van der Waals surface area contributed by atoms with Crippen LogP contribution in [0.4, 0.5) is 0 Å². The van der Waals surface area contributed by atoms with Crippen LogP contribution in [0, 0.1) is 0 Å². The van der Waals surface area contributed by atoms with Crippen LogP contribution in [0.5, 0.6) is 0 Å². The first-order chi connectivity index (χ1) is 7.71. The summed E-state index contributed by atoms with van der Waals surface area (Å²) in [6.45, 7) is 2.33. The van der Waals surface area contributed by atoms with Crippen LogP contribution in [0.1, 0.15) is 49.7 Å². The van der Waals surface area contributed by atoms with Gasteiger partial charge in [0.05, 0.1) is 0 Å². The van der Waals surface area contributed by atoms with Crippen molar-refractivity contribution in [3.8, 4) is 0 Å². The molecule has 1 nitrogen and oxygen atoms in total. The molecule has 2 unspecified atom stereocenters. The lowest BCUT2D eigenvalue weighted by molar-refractivity contribution is 0.241. The third-order valence-electron chi connectivity index (χ3n) is 4.19. The molecule has 1 aromatic carbocycles. The lowest BCUT2D eigenvalue weighted by Gasteiger charge is -2.47. The molecule has 2 aliphatic rings. The second-order valence-electron chi connectivity index (χ2n) is 5.26. The van der Waals surface area contributed by atoms with E-state index < -0.39 is 0 Å². The lowest BCUT2D eigenvalue weighted by Crippen LogP contribution is -2.55. The summed E-state index contributed by atoms with van der Waals surface area (Å²) in [6, 6.07) is 8.63. The Morgan fingerprint density at radius 2 is 2.12 bits per heavy atom. The molecule has 0 saturated heterocycles. The van der Waals surface area contributed by atoms with Gasteiger partial charge in [0, 0.05) is 17.0 Å². The van der Waals surface area contributed by atoms with Crippen LogP contribution in [0.25, 0.3) is 0 Å². The van der Waals surface area contributed by atoms with E-state index in [4.69, 9.17) is 12.2 Å². The minimum atomic E-state index is 0.198. The van der Waals surface area contributed by atoms with Crippen molar-refractivity contribution in [3.05, 3.63) is 35.4 Å². The van der Waals surface area contributed by atoms with E-state index in [9.17, 15) is 0 Å². The molecular weight excluding hydrogens is 214 g/mol. The SMILES string of the molecule is CC12CCCCC1c1ccccc1C(=S)N2. The van der Waals surface area contributed by atoms with Gasteiger partial charge in [-0.05, 0) is 25.3 Å². The number of rotatable bonds is 0. The van der Waals surface area contributed by atoms with Crippen molar-refractivity contribution in [2.45, 2.75) is 44.1 Å². The molecule has 0 radical (unpaired) electrons. The Kier molecular flexibility index (Phi) is 2.28. The molecule has 2 heteroatoms. The Morgan fingerprint density at radius 3 is 3.00 bits per heavy atom. The fraction of sp³-hybridized carbons (Fsp3) is 0.500. The van der Waals surface area contributed by atoms with Crippen molar-refractivity contribution < 1.29 is 0 Å². The zero-order valence-electron chi connectivity index (χ0n) is 9.62. The molecule has 0 spiro atoms. The van der Waals surface area contributed by atoms with Gasteiger partial charge in [-0.2, -0.15) is 0 Å². The molecule has 1 N–H and O–H groups in total. The van der Waals surface area contributed by atoms with E-state index in [1.165, 1.54) is 36.8 Å². The van der Waals surface area contributed by atoms with E-state index >= 15 is 0 Å². The fourth-order valence-electron chi connectivity index (χ4n) is 3.32. The summed E-state index contributed by atoms with van der Waals surface area (Å²) < 4.78 is 0. The highest BCUT2D eigenvalue weighted by molar-refractivity contribution is 7.80. The number of nitrogens with one attached hydrogen (secondary N) is 1. The molecule has 0 aromatic heterocycles. The Hall–Kier alpha value is -0.890. The van der Waals surface area contributed by atoms with Crippen LogP contribution in [0.2, 0.25) is 0 Å². The van der Waals surface area contributed by atoms with Crippen LogP contribution < -0.4 is 5.32 Å². The maximum absolute atomic E-state index is 5.49. The molecule has 1 fully saturated rings. The normalized spacial score (nSPS) is 32.6. The molecule has 0 bridgehead atoms. The zero-order valence-corrected chi connectivity index (χ0v) is 10.4. The van der Waals surface area contributed by atoms with E-state index in [1.54, 1.807) is 0 Å². The van der Waals surface area contributed by atoms with Gasteiger partial charge in [-0.3, -0.25) is 0 Å². The summed E-state index contributed by atoms with van der Waals surface area (Å²) >= 11 is 5.49. The first kappa shape index (κ1) is 10.3. The standard InChI is InChI=1S/C14H17NS/c1-14-9-5-4-8-12(14)10-6-2-3-7-11(10)13(16)15-14/h2-3,6-7,12H,4-5,8-9H2,1H3,(H,15,16). The molecule has 1 heterocycles. The van der Waals surface area contributed by atoms with E-state index in [0.717, 1.165) is 4.99 Å². The monoisotopic (exact) mass is 231 g/mol. The maximum atomic E-state index is 5.49. The number of hydrogen-bond donors (Lipinski definition) is 1. The van der Waals surface area contributed by atoms with Crippen LogP contribution in [0.15, 0.2) is 24.3 Å². The van der Waals surface area contributed by atoms with Gasteiger partial charge < -0.3 is 5.32 Å². The average Bonchev–Trinajstić information content (AvgIpc) is 2.28. The predicted octanol–water partition coefficient (Wildman–Crippen LogP) is 3.38. The van der Waals surface area contributed by atoms with Gasteiger partial charge in [-0.1, -0.05) is 49.3 Å². The van der Waals surface area contributed by atoms with E-state index in [0.29, 0.717) is 5.92 Å². The highest BCUT2D eigenvalue weighted by Crippen LogP contribution is 2.44. The first-order valence-electron chi connectivity index (χ1n) is 6.12. The summed E-state index contributed by atoms with van der Waals surface area (Å²) in [4.78, 5) is 0.941. The number of fused-ring (bicyclic) bond motifs is 3. The third kappa shape index (κ3) is 1.40. The quantitative estimate of drug-likeness (QED) is 0.687. The van der Waals surface area contributed by atoms with Crippen molar-refractivity contribution >= 4 is 17.2 Å². The molecule has 1 saturated carbocycles. The molecule has 1 aliphatic carbocycles. The van der Waals surface area contributed by atoms with Crippen molar-refractivity contribution in [2.75, 3.05) is 0 Å². The van der Waals surface area contributed by atoms with E-state index in [1.807, 2.05) is 0 Å².